The van der Waals surface area contributed by atoms with Crippen LogP contribution >= 0.6 is 0 Å². The van der Waals surface area contributed by atoms with Crippen molar-refractivity contribution < 1.29 is 13.9 Å². The summed E-state index contributed by atoms with van der Waals surface area (Å²) in [6.45, 7) is 3.06. The van der Waals surface area contributed by atoms with E-state index in [0.29, 0.717) is 18.7 Å². The minimum Gasteiger partial charge on any atom is -0.466 e. The Bertz CT molecular complexity index is 426. The molecule has 0 amide bonds. The molecule has 4 heteroatoms. The lowest BCUT2D eigenvalue weighted by Crippen LogP contribution is -2.18. The van der Waals surface area contributed by atoms with Crippen molar-refractivity contribution in [1.29, 1.82) is 0 Å². The number of esters is 1. The maximum atomic E-state index is 12.7. The Balaban J connectivity index is 2.49. The van der Waals surface area contributed by atoms with E-state index in [0.717, 1.165) is 5.56 Å². The summed E-state index contributed by atoms with van der Waals surface area (Å²) < 4.78 is 17.3. The number of hydrogen-bond donors (Lipinski definition) is 0. The highest BCUT2D eigenvalue weighted by Crippen LogP contribution is 2.06. The predicted molar refractivity (Wildman–Crippen MR) is 68.5 cm³/mol. The molecule has 3 nitrogen and oxygen atoms in total. The molecule has 0 aromatic heterocycles. The number of ether oxygens (including phenoxy) is 1. The first-order valence-electron chi connectivity index (χ1n) is 5.71. The van der Waals surface area contributed by atoms with Gasteiger partial charge in [0.25, 0.3) is 0 Å². The van der Waals surface area contributed by atoms with Gasteiger partial charge in [0.1, 0.15) is 5.82 Å². The third-order valence-corrected chi connectivity index (χ3v) is 2.58. The molecule has 0 spiro atoms. The highest BCUT2D eigenvalue weighted by atomic mass is 19.1. The molecular formula is C14H18FNO2. The largest absolute Gasteiger partial charge is 0.466 e. The van der Waals surface area contributed by atoms with Crippen molar-refractivity contribution >= 4 is 5.97 Å². The van der Waals surface area contributed by atoms with Crippen molar-refractivity contribution in [2.75, 3.05) is 20.7 Å². The standard InChI is InChI=1S/C14H18FNO2/c1-11(14(17)18-3)8-9-16(2)10-12-4-6-13(15)7-5-12/h4-8H,9-10H2,1-3H3. The molecule has 0 unspecified atom stereocenters. The van der Waals surface area contributed by atoms with E-state index >= 15 is 0 Å². The molecule has 0 fully saturated rings. The van der Waals surface area contributed by atoms with Gasteiger partial charge in [0.15, 0.2) is 0 Å². The molecule has 0 radical (unpaired) electrons. The maximum Gasteiger partial charge on any atom is 0.333 e. The minimum absolute atomic E-state index is 0.233. The van der Waals surface area contributed by atoms with Crippen molar-refractivity contribution in [3.63, 3.8) is 0 Å². The van der Waals surface area contributed by atoms with E-state index in [1.165, 1.54) is 19.2 Å². The van der Waals surface area contributed by atoms with Gasteiger partial charge in [-0.3, -0.25) is 4.90 Å². The van der Waals surface area contributed by atoms with Crippen LogP contribution in [0, 0.1) is 5.82 Å². The molecule has 1 aromatic carbocycles. The second-order valence-electron chi connectivity index (χ2n) is 4.20. The molecule has 0 heterocycles. The van der Waals surface area contributed by atoms with Crippen LogP contribution in [0.25, 0.3) is 0 Å². The van der Waals surface area contributed by atoms with E-state index in [9.17, 15) is 9.18 Å². The summed E-state index contributed by atoms with van der Waals surface area (Å²) in [6, 6.07) is 6.39. The van der Waals surface area contributed by atoms with E-state index in [4.69, 9.17) is 0 Å². The average Bonchev–Trinajstić information content (AvgIpc) is 2.37. The van der Waals surface area contributed by atoms with Crippen LogP contribution in [0.2, 0.25) is 0 Å². The fraction of sp³-hybridized carbons (Fsp3) is 0.357. The van der Waals surface area contributed by atoms with Crippen molar-refractivity contribution in [2.24, 2.45) is 0 Å². The zero-order valence-corrected chi connectivity index (χ0v) is 10.9. The molecule has 98 valence electrons. The van der Waals surface area contributed by atoms with Gasteiger partial charge in [-0.2, -0.15) is 0 Å². The Labute approximate surface area is 107 Å². The molecule has 0 atom stereocenters. The number of hydrogen-bond acceptors (Lipinski definition) is 3. The maximum absolute atomic E-state index is 12.7. The lowest BCUT2D eigenvalue weighted by atomic mass is 10.2. The number of methoxy groups -OCH3 is 1. The molecule has 0 aliphatic heterocycles. The van der Waals surface area contributed by atoms with Crippen LogP contribution in [-0.2, 0) is 16.1 Å². The quantitative estimate of drug-likeness (QED) is 0.594. The fourth-order valence-electron chi connectivity index (χ4n) is 1.50. The van der Waals surface area contributed by atoms with Crippen LogP contribution in [0.1, 0.15) is 12.5 Å². The summed E-state index contributed by atoms with van der Waals surface area (Å²) in [6.07, 6.45) is 1.81. The zero-order valence-electron chi connectivity index (χ0n) is 10.9. The van der Waals surface area contributed by atoms with Crippen molar-refractivity contribution in [3.8, 4) is 0 Å². The molecule has 0 N–H and O–H groups in total. The topological polar surface area (TPSA) is 29.5 Å². The van der Waals surface area contributed by atoms with E-state index in [2.05, 4.69) is 4.74 Å². The summed E-state index contributed by atoms with van der Waals surface area (Å²) in [5.41, 5.74) is 1.62. The Hall–Kier alpha value is -1.68. The van der Waals surface area contributed by atoms with Gasteiger partial charge in [-0.1, -0.05) is 18.2 Å². The molecule has 1 rings (SSSR count). The first-order chi connectivity index (χ1) is 8.52. The number of likely N-dealkylation sites (N-methyl/N-ethyl adjacent to an activating group) is 1. The Morgan fingerprint density at radius 3 is 2.56 bits per heavy atom. The van der Waals surface area contributed by atoms with Gasteiger partial charge in [0, 0.05) is 18.7 Å². The highest BCUT2D eigenvalue weighted by Gasteiger charge is 2.04. The minimum atomic E-state index is -0.315. The number of halogens is 1. The molecule has 0 saturated heterocycles. The average molecular weight is 251 g/mol. The number of benzene rings is 1. The van der Waals surface area contributed by atoms with Gasteiger partial charge in [-0.15, -0.1) is 0 Å². The Kier molecular flexibility index (Phi) is 5.52. The monoisotopic (exact) mass is 251 g/mol. The lowest BCUT2D eigenvalue weighted by molar-refractivity contribution is -0.136. The van der Waals surface area contributed by atoms with Crippen LogP contribution < -0.4 is 0 Å². The molecule has 0 bridgehead atoms. The van der Waals surface area contributed by atoms with E-state index < -0.39 is 0 Å². The number of carbonyl (C=O) groups is 1. The van der Waals surface area contributed by atoms with Gasteiger partial charge in [0.05, 0.1) is 7.11 Å². The van der Waals surface area contributed by atoms with Crippen LogP contribution in [0.15, 0.2) is 35.9 Å². The Morgan fingerprint density at radius 1 is 1.39 bits per heavy atom. The SMILES string of the molecule is COC(=O)C(C)=CCN(C)Cc1ccc(F)cc1. The summed E-state index contributed by atoms with van der Waals surface area (Å²) >= 11 is 0. The third kappa shape index (κ3) is 4.67. The van der Waals surface area contributed by atoms with Gasteiger partial charge < -0.3 is 4.74 Å². The third-order valence-electron chi connectivity index (χ3n) is 2.58. The van der Waals surface area contributed by atoms with E-state index in [1.54, 1.807) is 19.1 Å². The first kappa shape index (κ1) is 14.4. The lowest BCUT2D eigenvalue weighted by Gasteiger charge is -2.14. The van der Waals surface area contributed by atoms with Crippen LogP contribution in [0.5, 0.6) is 0 Å². The predicted octanol–water partition coefficient (Wildman–Crippen LogP) is 2.38. The normalized spacial score (nSPS) is 11.7. The van der Waals surface area contributed by atoms with Crippen molar-refractivity contribution in [1.82, 2.24) is 4.90 Å². The number of carbonyl (C=O) groups excluding carboxylic acids is 1. The molecular weight excluding hydrogens is 233 g/mol. The summed E-state index contributed by atoms with van der Waals surface area (Å²) in [5, 5.41) is 0. The molecule has 0 aliphatic carbocycles. The van der Waals surface area contributed by atoms with Gasteiger partial charge in [0.2, 0.25) is 0 Å². The summed E-state index contributed by atoms with van der Waals surface area (Å²) in [5.74, 6) is -0.548. The Morgan fingerprint density at radius 2 is 2.00 bits per heavy atom. The summed E-state index contributed by atoms with van der Waals surface area (Å²) in [7, 11) is 3.30. The zero-order chi connectivity index (χ0) is 13.5. The smallest absolute Gasteiger partial charge is 0.333 e. The summed E-state index contributed by atoms with van der Waals surface area (Å²) in [4.78, 5) is 13.2. The first-order valence-corrected chi connectivity index (χ1v) is 5.71. The molecule has 0 aliphatic rings. The van der Waals surface area contributed by atoms with Crippen molar-refractivity contribution in [2.45, 2.75) is 13.5 Å². The van der Waals surface area contributed by atoms with Crippen LogP contribution in [-0.4, -0.2) is 31.6 Å². The van der Waals surface area contributed by atoms with E-state index in [-0.39, 0.29) is 11.8 Å². The molecule has 1 aromatic rings. The molecule has 0 saturated carbocycles. The number of nitrogens with zero attached hydrogens (tertiary/aromatic N) is 1. The van der Waals surface area contributed by atoms with Gasteiger partial charge in [-0.05, 0) is 31.7 Å². The fourth-order valence-corrected chi connectivity index (χ4v) is 1.50. The van der Waals surface area contributed by atoms with Crippen molar-refractivity contribution in [3.05, 3.63) is 47.3 Å². The highest BCUT2D eigenvalue weighted by molar-refractivity contribution is 5.87. The second-order valence-corrected chi connectivity index (χ2v) is 4.20. The number of rotatable bonds is 5. The van der Waals surface area contributed by atoms with Gasteiger partial charge in [-0.25, -0.2) is 9.18 Å². The van der Waals surface area contributed by atoms with E-state index in [1.807, 2.05) is 18.0 Å². The van der Waals surface area contributed by atoms with Crippen LogP contribution in [0.3, 0.4) is 0 Å². The van der Waals surface area contributed by atoms with Gasteiger partial charge >= 0.3 is 5.97 Å². The van der Waals surface area contributed by atoms with Crippen LogP contribution in [0.4, 0.5) is 4.39 Å². The molecule has 18 heavy (non-hydrogen) atoms. The second kappa shape index (κ2) is 6.91.